The third kappa shape index (κ3) is 2.92. The molecule has 6 nitrogen and oxygen atoms in total. The summed E-state index contributed by atoms with van der Waals surface area (Å²) in [4.78, 5) is 16.2. The highest BCUT2D eigenvalue weighted by atomic mass is 19.1. The van der Waals surface area contributed by atoms with Gasteiger partial charge in [-0.15, -0.1) is 0 Å². The van der Waals surface area contributed by atoms with Gasteiger partial charge in [-0.2, -0.15) is 5.10 Å². The minimum Gasteiger partial charge on any atom is -0.465 e. The summed E-state index contributed by atoms with van der Waals surface area (Å²) < 4.78 is 36.8. The number of hydrogen-bond acceptors (Lipinski definition) is 4. The molecule has 0 fully saturated rings. The van der Waals surface area contributed by atoms with Crippen LogP contribution in [-0.2, 0) is 11.8 Å². The molecule has 0 aliphatic rings. The predicted molar refractivity (Wildman–Crippen MR) is 98.8 cm³/mol. The molecule has 0 amide bonds. The summed E-state index contributed by atoms with van der Waals surface area (Å²) in [5.74, 6) is -1.90. The zero-order valence-electron chi connectivity index (χ0n) is 15.4. The van der Waals surface area contributed by atoms with E-state index in [0.717, 1.165) is 6.07 Å². The van der Waals surface area contributed by atoms with Crippen LogP contribution in [0.1, 0.15) is 16.1 Å². The second-order valence-electron chi connectivity index (χ2n) is 6.41. The molecule has 3 aromatic heterocycles. The molecule has 4 aromatic rings. The lowest BCUT2D eigenvalue weighted by atomic mass is 9.97. The third-order valence-electron chi connectivity index (χ3n) is 4.50. The van der Waals surface area contributed by atoms with Crippen molar-refractivity contribution in [1.82, 2.24) is 19.2 Å². The molecular weight excluding hydrogens is 366 g/mol. The van der Waals surface area contributed by atoms with Crippen molar-refractivity contribution in [2.75, 3.05) is 7.11 Å². The fourth-order valence-corrected chi connectivity index (χ4v) is 3.26. The lowest BCUT2D eigenvalue weighted by molar-refractivity contribution is 0.0600. The Hall–Kier alpha value is -3.55. The van der Waals surface area contributed by atoms with Crippen LogP contribution in [0.3, 0.4) is 0 Å². The average molecular weight is 382 g/mol. The molecule has 0 saturated heterocycles. The van der Waals surface area contributed by atoms with Gasteiger partial charge in [-0.1, -0.05) is 0 Å². The van der Waals surface area contributed by atoms with Gasteiger partial charge >= 0.3 is 5.97 Å². The number of fused-ring (bicyclic) bond motifs is 1. The molecule has 28 heavy (non-hydrogen) atoms. The Morgan fingerprint density at radius 2 is 1.93 bits per heavy atom. The first-order chi connectivity index (χ1) is 13.4. The van der Waals surface area contributed by atoms with E-state index >= 15 is 0 Å². The van der Waals surface area contributed by atoms with Crippen molar-refractivity contribution in [3.63, 3.8) is 0 Å². The van der Waals surface area contributed by atoms with E-state index in [1.54, 1.807) is 53.8 Å². The van der Waals surface area contributed by atoms with Gasteiger partial charge in [0.05, 0.1) is 24.1 Å². The van der Waals surface area contributed by atoms with Crippen LogP contribution in [0.25, 0.3) is 28.0 Å². The van der Waals surface area contributed by atoms with Crippen LogP contribution in [0.15, 0.2) is 42.9 Å². The molecule has 0 saturated carbocycles. The Morgan fingerprint density at radius 1 is 1.14 bits per heavy atom. The van der Waals surface area contributed by atoms with Gasteiger partial charge in [0.15, 0.2) is 0 Å². The Kier molecular flexibility index (Phi) is 4.18. The minimum absolute atomic E-state index is 0.167. The van der Waals surface area contributed by atoms with Crippen molar-refractivity contribution in [2.45, 2.75) is 6.92 Å². The lowest BCUT2D eigenvalue weighted by Crippen LogP contribution is -2.01. The molecule has 0 aliphatic carbocycles. The Labute approximate surface area is 159 Å². The van der Waals surface area contributed by atoms with Gasteiger partial charge < -0.3 is 9.14 Å². The van der Waals surface area contributed by atoms with Gasteiger partial charge in [0.2, 0.25) is 0 Å². The van der Waals surface area contributed by atoms with Gasteiger partial charge in [-0.25, -0.2) is 18.6 Å². The van der Waals surface area contributed by atoms with Crippen LogP contribution in [0.5, 0.6) is 0 Å². The van der Waals surface area contributed by atoms with Gasteiger partial charge in [-0.05, 0) is 25.1 Å². The van der Waals surface area contributed by atoms with Crippen molar-refractivity contribution >= 4 is 11.6 Å². The van der Waals surface area contributed by atoms with Crippen LogP contribution in [0.2, 0.25) is 0 Å². The Morgan fingerprint density at radius 3 is 2.61 bits per heavy atom. The van der Waals surface area contributed by atoms with E-state index in [1.807, 2.05) is 0 Å². The first-order valence-corrected chi connectivity index (χ1v) is 8.44. The van der Waals surface area contributed by atoms with E-state index in [1.165, 1.54) is 13.2 Å². The SMILES string of the molecule is COC(=O)c1ccn2cc(-c3c(F)cc(F)cc3-c3cn(C)nc3C)nc2c1. The number of methoxy groups -OCH3 is 1. The third-order valence-corrected chi connectivity index (χ3v) is 4.50. The van der Waals surface area contributed by atoms with Crippen molar-refractivity contribution in [3.05, 3.63) is 65.7 Å². The number of aromatic nitrogens is 4. The zero-order valence-corrected chi connectivity index (χ0v) is 15.4. The number of rotatable bonds is 3. The molecule has 8 heteroatoms. The number of benzene rings is 1. The number of carbonyl (C=O) groups excluding carboxylic acids is 1. The van der Waals surface area contributed by atoms with Crippen molar-refractivity contribution in [3.8, 4) is 22.4 Å². The number of aryl methyl sites for hydroxylation is 2. The van der Waals surface area contributed by atoms with Crippen LogP contribution < -0.4 is 0 Å². The molecular formula is C20H16F2N4O2. The van der Waals surface area contributed by atoms with Crippen molar-refractivity contribution in [1.29, 1.82) is 0 Å². The summed E-state index contributed by atoms with van der Waals surface area (Å²) in [6.07, 6.45) is 4.97. The molecule has 142 valence electrons. The summed E-state index contributed by atoms with van der Waals surface area (Å²) in [6, 6.07) is 5.23. The highest BCUT2D eigenvalue weighted by molar-refractivity contribution is 5.90. The second-order valence-corrected chi connectivity index (χ2v) is 6.41. The molecule has 0 aliphatic heterocycles. The van der Waals surface area contributed by atoms with E-state index in [2.05, 4.69) is 10.1 Å². The Bertz CT molecular complexity index is 1230. The number of pyridine rings is 1. The predicted octanol–water partition coefficient (Wildman–Crippen LogP) is 3.78. The smallest absolute Gasteiger partial charge is 0.338 e. The molecule has 0 unspecified atom stereocenters. The van der Waals surface area contributed by atoms with Crippen molar-refractivity contribution in [2.24, 2.45) is 7.05 Å². The van der Waals surface area contributed by atoms with Gasteiger partial charge in [0.1, 0.15) is 17.3 Å². The number of esters is 1. The quantitative estimate of drug-likeness (QED) is 0.506. The normalized spacial score (nSPS) is 11.2. The summed E-state index contributed by atoms with van der Waals surface area (Å²) in [5, 5.41) is 4.26. The second kappa shape index (κ2) is 6.56. The highest BCUT2D eigenvalue weighted by Crippen LogP contribution is 2.36. The Balaban J connectivity index is 1.94. The zero-order chi connectivity index (χ0) is 20.0. The maximum Gasteiger partial charge on any atom is 0.338 e. The number of carbonyl (C=O) groups is 1. The van der Waals surface area contributed by atoms with Crippen LogP contribution >= 0.6 is 0 Å². The van der Waals surface area contributed by atoms with Gasteiger partial charge in [0, 0.05) is 48.4 Å². The molecule has 0 spiro atoms. The summed E-state index contributed by atoms with van der Waals surface area (Å²) in [5.41, 5.74) is 2.87. The lowest BCUT2D eigenvalue weighted by Gasteiger charge is -2.08. The standard InChI is InChI=1S/C20H16F2N4O2/c1-11-15(9-25(2)24-11)14-7-13(21)8-16(22)19(14)17-10-26-5-4-12(20(27)28-3)6-18(26)23-17/h4-10H,1-3H3. The average Bonchev–Trinajstić information content (AvgIpc) is 3.21. The number of ether oxygens (including phenoxy) is 1. The summed E-state index contributed by atoms with van der Waals surface area (Å²) in [6.45, 7) is 1.77. The fourth-order valence-electron chi connectivity index (χ4n) is 3.26. The minimum atomic E-state index is -0.727. The molecule has 3 heterocycles. The van der Waals surface area contributed by atoms with E-state index in [4.69, 9.17) is 4.74 Å². The summed E-state index contributed by atoms with van der Waals surface area (Å²) in [7, 11) is 3.03. The van der Waals surface area contributed by atoms with Gasteiger partial charge in [0.25, 0.3) is 0 Å². The van der Waals surface area contributed by atoms with Crippen molar-refractivity contribution < 1.29 is 18.3 Å². The number of imidazole rings is 1. The van der Waals surface area contributed by atoms with E-state index in [0.29, 0.717) is 33.7 Å². The van der Waals surface area contributed by atoms with Gasteiger partial charge in [-0.3, -0.25) is 4.68 Å². The first kappa shape index (κ1) is 17.8. The van der Waals surface area contributed by atoms with E-state index in [-0.39, 0.29) is 5.56 Å². The molecule has 0 radical (unpaired) electrons. The topological polar surface area (TPSA) is 61.4 Å². The fraction of sp³-hybridized carbons (Fsp3) is 0.150. The van der Waals surface area contributed by atoms with Crippen LogP contribution in [0.4, 0.5) is 8.78 Å². The molecule has 0 atom stereocenters. The molecule has 4 rings (SSSR count). The first-order valence-electron chi connectivity index (χ1n) is 8.44. The van der Waals surface area contributed by atoms with E-state index in [9.17, 15) is 13.6 Å². The maximum atomic E-state index is 14.8. The monoisotopic (exact) mass is 382 g/mol. The molecule has 0 N–H and O–H groups in total. The largest absolute Gasteiger partial charge is 0.465 e. The molecule has 1 aromatic carbocycles. The number of hydrogen-bond donors (Lipinski definition) is 0. The number of halogens is 2. The number of nitrogens with zero attached hydrogens (tertiary/aromatic N) is 4. The summed E-state index contributed by atoms with van der Waals surface area (Å²) >= 11 is 0. The maximum absolute atomic E-state index is 14.8. The van der Waals surface area contributed by atoms with Crippen LogP contribution in [0, 0.1) is 18.6 Å². The molecule has 0 bridgehead atoms. The highest BCUT2D eigenvalue weighted by Gasteiger charge is 2.20. The van der Waals surface area contributed by atoms with Crippen LogP contribution in [-0.4, -0.2) is 32.2 Å². The van der Waals surface area contributed by atoms with E-state index < -0.39 is 17.6 Å².